The van der Waals surface area contributed by atoms with Gasteiger partial charge < -0.3 is 5.32 Å². The van der Waals surface area contributed by atoms with Crippen molar-refractivity contribution in [3.05, 3.63) is 34.3 Å². The van der Waals surface area contributed by atoms with Gasteiger partial charge in [-0.2, -0.15) is 0 Å². The number of hydrogen-bond acceptors (Lipinski definition) is 1. The molecule has 1 aliphatic heterocycles. The van der Waals surface area contributed by atoms with Gasteiger partial charge in [0.25, 0.3) is 0 Å². The maximum Gasteiger partial charge on any atom is 0.0224 e. The SMILES string of the molecule is CC(C)CC1(Cc2ccc(Br)cc2)CCCCN1. The molecule has 1 unspecified atom stereocenters. The van der Waals surface area contributed by atoms with Crippen LogP contribution in [0.4, 0.5) is 0 Å². The highest BCUT2D eigenvalue weighted by Gasteiger charge is 2.32. The minimum absolute atomic E-state index is 0.334. The maximum atomic E-state index is 3.82. The first-order chi connectivity index (χ1) is 8.60. The average Bonchev–Trinajstić information content (AvgIpc) is 2.32. The fourth-order valence-corrected chi connectivity index (χ4v) is 3.47. The lowest BCUT2D eigenvalue weighted by atomic mass is 9.77. The van der Waals surface area contributed by atoms with Crippen molar-refractivity contribution in [2.24, 2.45) is 5.92 Å². The van der Waals surface area contributed by atoms with Gasteiger partial charge in [-0.1, -0.05) is 48.3 Å². The number of nitrogens with one attached hydrogen (secondary N) is 1. The Morgan fingerprint density at radius 3 is 2.50 bits per heavy atom. The Hall–Kier alpha value is -0.340. The average molecular weight is 310 g/mol. The Bertz CT molecular complexity index is 363. The van der Waals surface area contributed by atoms with Gasteiger partial charge in [0.2, 0.25) is 0 Å². The molecule has 0 spiro atoms. The normalized spacial score (nSPS) is 24.4. The molecule has 0 radical (unpaired) electrons. The quantitative estimate of drug-likeness (QED) is 0.860. The second-order valence-corrected chi connectivity index (χ2v) is 6.98. The first-order valence-corrected chi connectivity index (χ1v) is 7.88. The highest BCUT2D eigenvalue weighted by molar-refractivity contribution is 9.10. The van der Waals surface area contributed by atoms with E-state index in [-0.39, 0.29) is 0 Å². The zero-order chi connectivity index (χ0) is 13.0. The molecular formula is C16H24BrN. The molecule has 18 heavy (non-hydrogen) atoms. The third kappa shape index (κ3) is 3.83. The highest BCUT2D eigenvalue weighted by atomic mass is 79.9. The summed E-state index contributed by atoms with van der Waals surface area (Å²) in [5, 5.41) is 3.82. The Morgan fingerprint density at radius 1 is 1.22 bits per heavy atom. The lowest BCUT2D eigenvalue weighted by Gasteiger charge is -2.40. The van der Waals surface area contributed by atoms with Crippen molar-refractivity contribution in [3.8, 4) is 0 Å². The van der Waals surface area contributed by atoms with Crippen LogP contribution in [0, 0.1) is 5.92 Å². The molecule has 1 fully saturated rings. The molecule has 1 nitrogen and oxygen atoms in total. The fraction of sp³-hybridized carbons (Fsp3) is 0.625. The third-order valence-electron chi connectivity index (χ3n) is 3.84. The molecule has 2 rings (SSSR count). The van der Waals surface area contributed by atoms with E-state index < -0.39 is 0 Å². The Kier molecular flexibility index (Phi) is 4.85. The molecule has 1 N–H and O–H groups in total. The Balaban J connectivity index is 2.11. The zero-order valence-corrected chi connectivity index (χ0v) is 13.1. The van der Waals surface area contributed by atoms with Gasteiger partial charge >= 0.3 is 0 Å². The van der Waals surface area contributed by atoms with E-state index in [1.165, 1.54) is 48.7 Å². The predicted molar refractivity (Wildman–Crippen MR) is 81.9 cm³/mol. The number of rotatable bonds is 4. The monoisotopic (exact) mass is 309 g/mol. The van der Waals surface area contributed by atoms with E-state index in [9.17, 15) is 0 Å². The summed E-state index contributed by atoms with van der Waals surface area (Å²) in [6.45, 7) is 5.85. The molecule has 1 saturated heterocycles. The van der Waals surface area contributed by atoms with Crippen LogP contribution in [0.15, 0.2) is 28.7 Å². The van der Waals surface area contributed by atoms with Crippen LogP contribution in [0.5, 0.6) is 0 Å². The van der Waals surface area contributed by atoms with Gasteiger partial charge in [-0.05, 0) is 55.8 Å². The molecule has 1 aromatic carbocycles. The van der Waals surface area contributed by atoms with Gasteiger partial charge in [0.1, 0.15) is 0 Å². The molecule has 0 bridgehead atoms. The van der Waals surface area contributed by atoms with Gasteiger partial charge in [-0.25, -0.2) is 0 Å². The van der Waals surface area contributed by atoms with Crippen molar-refractivity contribution < 1.29 is 0 Å². The van der Waals surface area contributed by atoms with E-state index in [2.05, 4.69) is 59.4 Å². The van der Waals surface area contributed by atoms with Crippen molar-refractivity contribution in [1.29, 1.82) is 0 Å². The number of halogens is 1. The van der Waals surface area contributed by atoms with Crippen LogP contribution in [0.2, 0.25) is 0 Å². The van der Waals surface area contributed by atoms with Crippen LogP contribution in [-0.2, 0) is 6.42 Å². The van der Waals surface area contributed by atoms with Crippen LogP contribution in [0.3, 0.4) is 0 Å². The van der Waals surface area contributed by atoms with Crippen LogP contribution < -0.4 is 5.32 Å². The van der Waals surface area contributed by atoms with E-state index in [1.807, 2.05) is 0 Å². The summed E-state index contributed by atoms with van der Waals surface area (Å²) < 4.78 is 1.17. The van der Waals surface area contributed by atoms with E-state index in [4.69, 9.17) is 0 Å². The van der Waals surface area contributed by atoms with Crippen molar-refractivity contribution in [3.63, 3.8) is 0 Å². The summed E-state index contributed by atoms with van der Waals surface area (Å²) in [5.74, 6) is 0.756. The molecule has 1 heterocycles. The molecule has 0 aromatic heterocycles. The van der Waals surface area contributed by atoms with E-state index in [0.717, 1.165) is 5.92 Å². The van der Waals surface area contributed by atoms with Crippen molar-refractivity contribution in [2.75, 3.05) is 6.54 Å². The van der Waals surface area contributed by atoms with E-state index in [1.54, 1.807) is 0 Å². The summed E-state index contributed by atoms with van der Waals surface area (Å²) in [7, 11) is 0. The Labute approximate surface area is 119 Å². The maximum absolute atomic E-state index is 3.82. The first-order valence-electron chi connectivity index (χ1n) is 7.09. The smallest absolute Gasteiger partial charge is 0.0224 e. The fourth-order valence-electron chi connectivity index (χ4n) is 3.20. The summed E-state index contributed by atoms with van der Waals surface area (Å²) in [4.78, 5) is 0. The van der Waals surface area contributed by atoms with Crippen molar-refractivity contribution in [1.82, 2.24) is 5.32 Å². The standard InChI is InChI=1S/C16H24BrN/c1-13(2)11-16(9-3-4-10-18-16)12-14-5-7-15(17)8-6-14/h5-8,13,18H,3-4,9-12H2,1-2H3. The van der Waals surface area contributed by atoms with Crippen LogP contribution in [0.1, 0.15) is 45.1 Å². The van der Waals surface area contributed by atoms with Gasteiger partial charge in [-0.3, -0.25) is 0 Å². The molecular weight excluding hydrogens is 286 g/mol. The minimum atomic E-state index is 0.334. The van der Waals surface area contributed by atoms with Crippen LogP contribution >= 0.6 is 15.9 Å². The largest absolute Gasteiger partial charge is 0.311 e. The molecule has 0 amide bonds. The predicted octanol–water partition coefficient (Wildman–Crippen LogP) is 4.55. The zero-order valence-electron chi connectivity index (χ0n) is 11.5. The molecule has 1 aliphatic rings. The molecule has 0 saturated carbocycles. The lowest BCUT2D eigenvalue weighted by Crippen LogP contribution is -2.51. The van der Waals surface area contributed by atoms with Crippen LogP contribution in [0.25, 0.3) is 0 Å². The topological polar surface area (TPSA) is 12.0 Å². The van der Waals surface area contributed by atoms with Gasteiger partial charge in [0.15, 0.2) is 0 Å². The van der Waals surface area contributed by atoms with Crippen molar-refractivity contribution in [2.45, 2.75) is 51.5 Å². The van der Waals surface area contributed by atoms with Crippen LogP contribution in [-0.4, -0.2) is 12.1 Å². The van der Waals surface area contributed by atoms with Crippen molar-refractivity contribution >= 4 is 15.9 Å². The number of hydrogen-bond donors (Lipinski definition) is 1. The third-order valence-corrected chi connectivity index (χ3v) is 4.37. The first kappa shape index (κ1) is 14.1. The molecule has 100 valence electrons. The molecule has 2 heteroatoms. The summed E-state index contributed by atoms with van der Waals surface area (Å²) in [6.07, 6.45) is 6.47. The molecule has 1 aromatic rings. The highest BCUT2D eigenvalue weighted by Crippen LogP contribution is 2.30. The second-order valence-electron chi connectivity index (χ2n) is 6.07. The van der Waals surface area contributed by atoms with Gasteiger partial charge in [0.05, 0.1) is 0 Å². The molecule has 1 atom stereocenters. The summed E-state index contributed by atoms with van der Waals surface area (Å²) in [5.41, 5.74) is 1.79. The van der Waals surface area contributed by atoms with E-state index >= 15 is 0 Å². The molecule has 0 aliphatic carbocycles. The summed E-state index contributed by atoms with van der Waals surface area (Å²) >= 11 is 3.51. The lowest BCUT2D eigenvalue weighted by molar-refractivity contribution is 0.210. The summed E-state index contributed by atoms with van der Waals surface area (Å²) in [6, 6.07) is 8.81. The number of piperidine rings is 1. The van der Waals surface area contributed by atoms with Gasteiger partial charge in [-0.15, -0.1) is 0 Å². The second kappa shape index (κ2) is 6.21. The minimum Gasteiger partial charge on any atom is -0.311 e. The number of benzene rings is 1. The van der Waals surface area contributed by atoms with Gasteiger partial charge in [0, 0.05) is 10.0 Å². The van der Waals surface area contributed by atoms with E-state index in [0.29, 0.717) is 5.54 Å². The Morgan fingerprint density at radius 2 is 1.94 bits per heavy atom.